The van der Waals surface area contributed by atoms with Gasteiger partial charge >= 0.3 is 0 Å². The SMILES string of the molecule is CCN(C)C(=O)c1ccc(C#CC(O)c2cc(OCc3ccc(F)cc3)c3c(c2)C(C)(C)CCC3(C)C)cc1. The molecule has 1 atom stereocenters. The predicted octanol–water partition coefficient (Wildman–Crippen LogP) is 6.93. The maximum Gasteiger partial charge on any atom is 0.253 e. The maximum atomic E-state index is 13.4. The summed E-state index contributed by atoms with van der Waals surface area (Å²) in [6, 6.07) is 17.4. The fourth-order valence-corrected chi connectivity index (χ4v) is 5.06. The van der Waals surface area contributed by atoms with Gasteiger partial charge in [-0.1, -0.05) is 57.7 Å². The molecule has 0 saturated carbocycles. The Morgan fingerprint density at radius 1 is 1.03 bits per heavy atom. The van der Waals surface area contributed by atoms with Gasteiger partial charge in [-0.25, -0.2) is 4.39 Å². The number of amides is 1. The van der Waals surface area contributed by atoms with Crippen molar-refractivity contribution < 1.29 is 19.0 Å². The van der Waals surface area contributed by atoms with E-state index < -0.39 is 6.10 Å². The van der Waals surface area contributed by atoms with E-state index >= 15 is 0 Å². The van der Waals surface area contributed by atoms with E-state index in [-0.39, 0.29) is 22.6 Å². The van der Waals surface area contributed by atoms with Gasteiger partial charge in [0.2, 0.25) is 0 Å². The number of halogens is 1. The molecule has 0 heterocycles. The van der Waals surface area contributed by atoms with Gasteiger partial charge < -0.3 is 14.7 Å². The Bertz CT molecular complexity index is 1400. The minimum absolute atomic E-state index is 0.0372. The fourth-order valence-electron chi connectivity index (χ4n) is 5.06. The Morgan fingerprint density at radius 3 is 2.31 bits per heavy atom. The number of nitrogens with zero attached hydrogens (tertiary/aromatic N) is 1. The summed E-state index contributed by atoms with van der Waals surface area (Å²) in [4.78, 5) is 14.0. The molecule has 0 aromatic heterocycles. The summed E-state index contributed by atoms with van der Waals surface area (Å²) in [5.74, 6) is 6.44. The maximum absolute atomic E-state index is 13.4. The second kappa shape index (κ2) is 11.2. The number of hydrogen-bond acceptors (Lipinski definition) is 3. The van der Waals surface area contributed by atoms with Gasteiger partial charge in [-0.05, 0) is 89.8 Å². The van der Waals surface area contributed by atoms with E-state index in [1.165, 1.54) is 12.1 Å². The molecule has 1 unspecified atom stereocenters. The van der Waals surface area contributed by atoms with Crippen LogP contribution in [0.25, 0.3) is 0 Å². The predicted molar refractivity (Wildman–Crippen MR) is 153 cm³/mol. The lowest BCUT2D eigenvalue weighted by Gasteiger charge is -2.43. The van der Waals surface area contributed by atoms with E-state index in [4.69, 9.17) is 4.74 Å². The van der Waals surface area contributed by atoms with Crippen molar-refractivity contribution in [2.24, 2.45) is 0 Å². The summed E-state index contributed by atoms with van der Waals surface area (Å²) in [5, 5.41) is 11.1. The molecular weight excluding hydrogens is 489 g/mol. The van der Waals surface area contributed by atoms with Crippen molar-refractivity contribution in [3.8, 4) is 17.6 Å². The van der Waals surface area contributed by atoms with Crippen LogP contribution in [0, 0.1) is 17.7 Å². The number of carbonyl (C=O) groups excluding carboxylic acids is 1. The van der Waals surface area contributed by atoms with E-state index in [1.807, 2.05) is 13.0 Å². The highest BCUT2D eigenvalue weighted by Crippen LogP contribution is 2.50. The molecule has 0 fully saturated rings. The molecule has 39 heavy (non-hydrogen) atoms. The van der Waals surface area contributed by atoms with Crippen molar-refractivity contribution in [2.75, 3.05) is 13.6 Å². The lowest BCUT2D eigenvalue weighted by atomic mass is 9.62. The Hall–Kier alpha value is -3.62. The summed E-state index contributed by atoms with van der Waals surface area (Å²) >= 11 is 0. The van der Waals surface area contributed by atoms with E-state index in [2.05, 4.69) is 45.6 Å². The van der Waals surface area contributed by atoms with Gasteiger partial charge in [0.05, 0.1) is 0 Å². The molecule has 1 aliphatic carbocycles. The third-order valence-electron chi connectivity index (χ3n) is 7.83. The van der Waals surface area contributed by atoms with E-state index in [9.17, 15) is 14.3 Å². The zero-order valence-corrected chi connectivity index (χ0v) is 23.8. The number of rotatable bonds is 6. The van der Waals surface area contributed by atoms with E-state index in [1.54, 1.807) is 48.3 Å². The van der Waals surface area contributed by atoms with Gasteiger partial charge in [0.25, 0.3) is 5.91 Å². The number of fused-ring (bicyclic) bond motifs is 1. The summed E-state index contributed by atoms with van der Waals surface area (Å²) in [6.07, 6.45) is 1.03. The monoisotopic (exact) mass is 527 g/mol. The van der Waals surface area contributed by atoms with Crippen LogP contribution < -0.4 is 4.74 Å². The largest absolute Gasteiger partial charge is 0.489 e. The Kier molecular flexibility index (Phi) is 8.18. The highest BCUT2D eigenvalue weighted by Gasteiger charge is 2.40. The first kappa shape index (κ1) is 28.4. The van der Waals surface area contributed by atoms with Crippen molar-refractivity contribution in [2.45, 2.75) is 71.0 Å². The first-order chi connectivity index (χ1) is 18.4. The first-order valence-corrected chi connectivity index (χ1v) is 13.5. The Morgan fingerprint density at radius 2 is 1.67 bits per heavy atom. The van der Waals surface area contributed by atoms with Crippen molar-refractivity contribution >= 4 is 5.91 Å². The van der Waals surface area contributed by atoms with Gasteiger partial charge in [-0.3, -0.25) is 4.79 Å². The molecule has 0 bridgehead atoms. The molecule has 0 radical (unpaired) electrons. The molecular formula is C34H38FNO3. The smallest absolute Gasteiger partial charge is 0.253 e. The van der Waals surface area contributed by atoms with Crippen molar-refractivity contribution in [3.05, 3.63) is 99.9 Å². The third kappa shape index (κ3) is 6.34. The number of benzene rings is 3. The number of aliphatic hydroxyl groups is 1. The standard InChI is InChI=1S/C34H38FNO3/c1-7-36(6)32(38)25-13-8-23(9-14-25)12-17-29(37)26-20-28-31(34(4,5)19-18-33(28,2)3)30(21-26)39-22-24-10-15-27(35)16-11-24/h8-11,13-16,20-21,29,37H,7,18-19,22H2,1-6H3. The molecule has 1 N–H and O–H groups in total. The molecule has 3 aromatic rings. The number of aliphatic hydroxyl groups excluding tert-OH is 1. The lowest BCUT2D eigenvalue weighted by Crippen LogP contribution is -2.34. The Labute approximate surface area is 231 Å². The molecule has 1 amide bonds. The van der Waals surface area contributed by atoms with Gasteiger partial charge in [-0.15, -0.1) is 0 Å². The van der Waals surface area contributed by atoms with Crippen LogP contribution in [-0.2, 0) is 17.4 Å². The first-order valence-electron chi connectivity index (χ1n) is 13.5. The average molecular weight is 528 g/mol. The van der Waals surface area contributed by atoms with Crippen LogP contribution in [0.2, 0.25) is 0 Å². The van der Waals surface area contributed by atoms with Crippen molar-refractivity contribution in [1.82, 2.24) is 4.90 Å². The number of hydrogen-bond donors (Lipinski definition) is 1. The van der Waals surface area contributed by atoms with Crippen molar-refractivity contribution in [1.29, 1.82) is 0 Å². The van der Waals surface area contributed by atoms with Gasteiger partial charge in [0.15, 0.2) is 0 Å². The summed E-state index contributed by atoms with van der Waals surface area (Å²) in [6.45, 7) is 11.8. The zero-order valence-electron chi connectivity index (χ0n) is 23.8. The normalized spacial score (nSPS) is 15.9. The van der Waals surface area contributed by atoms with E-state index in [0.29, 0.717) is 24.3 Å². The summed E-state index contributed by atoms with van der Waals surface area (Å²) < 4.78 is 19.8. The highest BCUT2D eigenvalue weighted by molar-refractivity contribution is 5.94. The van der Waals surface area contributed by atoms with Crippen LogP contribution in [0.5, 0.6) is 5.75 Å². The van der Waals surface area contributed by atoms with Crippen molar-refractivity contribution in [3.63, 3.8) is 0 Å². The van der Waals surface area contributed by atoms with Crippen LogP contribution in [0.15, 0.2) is 60.7 Å². The number of carbonyl (C=O) groups is 1. The third-order valence-corrected chi connectivity index (χ3v) is 7.83. The minimum Gasteiger partial charge on any atom is -0.489 e. The quantitative estimate of drug-likeness (QED) is 0.354. The van der Waals surface area contributed by atoms with Gasteiger partial charge in [-0.2, -0.15) is 0 Å². The van der Waals surface area contributed by atoms with Crippen LogP contribution in [0.4, 0.5) is 4.39 Å². The molecule has 204 valence electrons. The van der Waals surface area contributed by atoms with Gasteiger partial charge in [0.1, 0.15) is 24.3 Å². The van der Waals surface area contributed by atoms with Crippen LogP contribution in [0.1, 0.15) is 91.7 Å². The molecule has 4 rings (SSSR count). The molecule has 0 aliphatic heterocycles. The minimum atomic E-state index is -1.02. The molecule has 0 saturated heterocycles. The van der Waals surface area contributed by atoms with Gasteiger partial charge in [0, 0.05) is 30.3 Å². The summed E-state index contributed by atoms with van der Waals surface area (Å²) in [7, 11) is 1.77. The average Bonchev–Trinajstić information content (AvgIpc) is 2.93. The molecule has 0 spiro atoms. The van der Waals surface area contributed by atoms with Crippen LogP contribution >= 0.6 is 0 Å². The highest BCUT2D eigenvalue weighted by atomic mass is 19.1. The fraction of sp³-hybridized carbons (Fsp3) is 0.382. The molecule has 5 heteroatoms. The lowest BCUT2D eigenvalue weighted by molar-refractivity contribution is 0.0802. The second-order valence-corrected chi connectivity index (χ2v) is 11.7. The second-order valence-electron chi connectivity index (χ2n) is 11.7. The zero-order chi connectivity index (χ0) is 28.4. The molecule has 4 nitrogen and oxygen atoms in total. The Balaban J connectivity index is 1.66. The molecule has 3 aromatic carbocycles. The summed E-state index contributed by atoms with van der Waals surface area (Å²) in [5.41, 5.74) is 5.01. The number of ether oxygens (including phenoxy) is 1. The van der Waals surface area contributed by atoms with Crippen LogP contribution in [-0.4, -0.2) is 29.5 Å². The topological polar surface area (TPSA) is 49.8 Å². The van der Waals surface area contributed by atoms with E-state index in [0.717, 1.165) is 40.8 Å². The van der Waals surface area contributed by atoms with Crippen LogP contribution in [0.3, 0.4) is 0 Å². The molecule has 1 aliphatic rings.